The monoisotopic (exact) mass is 287 g/mol. The van der Waals surface area contributed by atoms with Crippen LogP contribution in [0.4, 0.5) is 11.4 Å². The minimum atomic E-state index is -0.704. The number of nitrogen functional groups attached to an aromatic ring is 1. The second-order valence-electron chi connectivity index (χ2n) is 4.25. The molecule has 19 heavy (non-hydrogen) atoms. The lowest BCUT2D eigenvalue weighted by atomic mass is 10.1. The summed E-state index contributed by atoms with van der Waals surface area (Å²) in [6, 6.07) is 2.99. The number of carbonyl (C=O) groups excluding carboxylic acids is 1. The Bertz CT molecular complexity index is 468. The normalized spacial score (nSPS) is 12.2. The van der Waals surface area contributed by atoms with Crippen molar-refractivity contribution in [1.82, 2.24) is 0 Å². The van der Waals surface area contributed by atoms with E-state index in [1.807, 2.05) is 0 Å². The Morgan fingerprint density at radius 1 is 1.58 bits per heavy atom. The molecule has 0 saturated carbocycles. The maximum atomic E-state index is 11.4. The summed E-state index contributed by atoms with van der Waals surface area (Å²) >= 11 is 6.09. The molecular weight excluding hydrogens is 270 g/mol. The van der Waals surface area contributed by atoms with E-state index >= 15 is 0 Å². The smallest absolute Gasteiger partial charge is 0.250 e. The van der Waals surface area contributed by atoms with Gasteiger partial charge in [-0.05, 0) is 12.1 Å². The standard InChI is InChI=1S/C12H18ClN3O3/c1-16(5-8(17)6-19-2)11-9(12(15)18)3-7(14)4-10(11)13/h3-4,8,17H,5-6,14H2,1-2H3,(H2,15,18). The van der Waals surface area contributed by atoms with Gasteiger partial charge in [0, 0.05) is 26.4 Å². The molecule has 1 rings (SSSR count). The van der Waals surface area contributed by atoms with E-state index in [2.05, 4.69) is 0 Å². The van der Waals surface area contributed by atoms with Crippen LogP contribution in [0.5, 0.6) is 0 Å². The van der Waals surface area contributed by atoms with Crippen LogP contribution in [0, 0.1) is 0 Å². The first-order chi connectivity index (χ1) is 8.86. The van der Waals surface area contributed by atoms with E-state index in [1.54, 1.807) is 11.9 Å². The third kappa shape index (κ3) is 3.99. The summed E-state index contributed by atoms with van der Waals surface area (Å²) in [5.74, 6) is -0.628. The van der Waals surface area contributed by atoms with Crippen LogP contribution in [0.3, 0.4) is 0 Å². The van der Waals surface area contributed by atoms with Gasteiger partial charge in [-0.15, -0.1) is 0 Å². The number of nitrogens with zero attached hydrogens (tertiary/aromatic N) is 1. The first-order valence-electron chi connectivity index (χ1n) is 5.63. The molecule has 0 aliphatic rings. The van der Waals surface area contributed by atoms with E-state index < -0.39 is 12.0 Å². The molecule has 0 aliphatic carbocycles. The van der Waals surface area contributed by atoms with Crippen molar-refractivity contribution in [1.29, 1.82) is 0 Å². The predicted molar refractivity (Wildman–Crippen MR) is 75.5 cm³/mol. The van der Waals surface area contributed by atoms with Gasteiger partial charge in [-0.3, -0.25) is 4.79 Å². The second kappa shape index (κ2) is 6.60. The Hall–Kier alpha value is -1.50. The van der Waals surface area contributed by atoms with Gasteiger partial charge in [0.05, 0.1) is 29.0 Å². The number of nitrogens with two attached hydrogens (primary N) is 2. The Morgan fingerprint density at radius 2 is 2.21 bits per heavy atom. The molecule has 1 unspecified atom stereocenters. The fraction of sp³-hybridized carbons (Fsp3) is 0.417. The summed E-state index contributed by atoms with van der Waals surface area (Å²) in [5, 5.41) is 10.0. The summed E-state index contributed by atoms with van der Waals surface area (Å²) in [7, 11) is 3.19. The van der Waals surface area contributed by atoms with Crippen LogP contribution < -0.4 is 16.4 Å². The lowest BCUT2D eigenvalue weighted by Gasteiger charge is -2.25. The van der Waals surface area contributed by atoms with E-state index in [0.717, 1.165) is 0 Å². The van der Waals surface area contributed by atoms with Gasteiger partial charge in [-0.1, -0.05) is 11.6 Å². The number of rotatable bonds is 6. The van der Waals surface area contributed by atoms with Gasteiger partial charge in [0.1, 0.15) is 0 Å². The zero-order chi connectivity index (χ0) is 14.6. The average Bonchev–Trinajstić information content (AvgIpc) is 2.27. The van der Waals surface area contributed by atoms with Crippen molar-refractivity contribution in [3.05, 3.63) is 22.7 Å². The van der Waals surface area contributed by atoms with Gasteiger partial charge in [0.25, 0.3) is 5.91 Å². The average molecular weight is 288 g/mol. The molecule has 0 aromatic heterocycles. The molecule has 106 valence electrons. The number of methoxy groups -OCH3 is 1. The molecule has 1 amide bonds. The Morgan fingerprint density at radius 3 is 2.74 bits per heavy atom. The number of anilines is 2. The predicted octanol–water partition coefficient (Wildman–Crippen LogP) is 0.465. The minimum absolute atomic E-state index is 0.183. The zero-order valence-corrected chi connectivity index (χ0v) is 11.6. The Kier molecular flexibility index (Phi) is 5.41. The molecular formula is C12H18ClN3O3. The topological polar surface area (TPSA) is 102 Å². The molecule has 0 aliphatic heterocycles. The van der Waals surface area contributed by atoms with Crippen molar-refractivity contribution in [3.8, 4) is 0 Å². The second-order valence-corrected chi connectivity index (χ2v) is 4.66. The van der Waals surface area contributed by atoms with Gasteiger partial charge in [0.2, 0.25) is 0 Å². The molecule has 0 radical (unpaired) electrons. The minimum Gasteiger partial charge on any atom is -0.399 e. The van der Waals surface area contributed by atoms with Crippen LogP contribution in [-0.2, 0) is 4.74 Å². The van der Waals surface area contributed by atoms with Crippen LogP contribution >= 0.6 is 11.6 Å². The number of carbonyl (C=O) groups is 1. The number of ether oxygens (including phenoxy) is 1. The maximum absolute atomic E-state index is 11.4. The fourth-order valence-corrected chi connectivity index (χ4v) is 2.22. The summed E-state index contributed by atoms with van der Waals surface area (Å²) in [6.07, 6.45) is -0.704. The van der Waals surface area contributed by atoms with Crippen molar-refractivity contribution < 1.29 is 14.6 Å². The molecule has 1 aromatic carbocycles. The lowest BCUT2D eigenvalue weighted by Crippen LogP contribution is -2.33. The molecule has 5 N–H and O–H groups in total. The fourth-order valence-electron chi connectivity index (χ4n) is 1.85. The number of halogens is 1. The number of likely N-dealkylation sites (N-methyl/N-ethyl adjacent to an activating group) is 1. The number of hydrogen-bond acceptors (Lipinski definition) is 5. The first kappa shape index (κ1) is 15.6. The van der Waals surface area contributed by atoms with Crippen LogP contribution in [0.15, 0.2) is 12.1 Å². The highest BCUT2D eigenvalue weighted by molar-refractivity contribution is 6.34. The van der Waals surface area contributed by atoms with Gasteiger partial charge in [-0.2, -0.15) is 0 Å². The van der Waals surface area contributed by atoms with Crippen molar-refractivity contribution in [2.45, 2.75) is 6.10 Å². The van der Waals surface area contributed by atoms with Crippen LogP contribution in [-0.4, -0.2) is 44.4 Å². The van der Waals surface area contributed by atoms with Crippen molar-refractivity contribution >= 4 is 28.9 Å². The van der Waals surface area contributed by atoms with Gasteiger partial charge in [-0.25, -0.2) is 0 Å². The highest BCUT2D eigenvalue weighted by Gasteiger charge is 2.19. The number of amides is 1. The Balaban J connectivity index is 3.07. The lowest BCUT2D eigenvalue weighted by molar-refractivity contribution is 0.0694. The van der Waals surface area contributed by atoms with Gasteiger partial charge in [0.15, 0.2) is 0 Å². The number of primary amides is 1. The molecule has 1 atom stereocenters. The number of aliphatic hydroxyl groups is 1. The highest BCUT2D eigenvalue weighted by atomic mass is 35.5. The Labute approximate surface area is 116 Å². The van der Waals surface area contributed by atoms with Crippen molar-refractivity contribution in [3.63, 3.8) is 0 Å². The van der Waals surface area contributed by atoms with Crippen molar-refractivity contribution in [2.24, 2.45) is 5.73 Å². The molecule has 0 spiro atoms. The van der Waals surface area contributed by atoms with Crippen LogP contribution in [0.25, 0.3) is 0 Å². The molecule has 0 fully saturated rings. The number of aliphatic hydroxyl groups excluding tert-OH is 1. The highest BCUT2D eigenvalue weighted by Crippen LogP contribution is 2.31. The van der Waals surface area contributed by atoms with Gasteiger partial charge < -0.3 is 26.2 Å². The summed E-state index contributed by atoms with van der Waals surface area (Å²) < 4.78 is 4.85. The van der Waals surface area contributed by atoms with E-state index in [-0.39, 0.29) is 18.7 Å². The quantitative estimate of drug-likeness (QED) is 0.660. The van der Waals surface area contributed by atoms with E-state index in [1.165, 1.54) is 19.2 Å². The summed E-state index contributed by atoms with van der Waals surface area (Å²) in [4.78, 5) is 13.1. The largest absolute Gasteiger partial charge is 0.399 e. The molecule has 0 bridgehead atoms. The third-order valence-corrected chi connectivity index (χ3v) is 2.86. The molecule has 0 heterocycles. The van der Waals surface area contributed by atoms with E-state index in [4.69, 9.17) is 27.8 Å². The molecule has 6 nitrogen and oxygen atoms in total. The van der Waals surface area contributed by atoms with Crippen molar-refractivity contribution in [2.75, 3.05) is 37.9 Å². The third-order valence-electron chi connectivity index (χ3n) is 2.58. The maximum Gasteiger partial charge on any atom is 0.250 e. The SMILES string of the molecule is COCC(O)CN(C)c1c(Cl)cc(N)cc1C(N)=O. The van der Waals surface area contributed by atoms with Crippen LogP contribution in [0.1, 0.15) is 10.4 Å². The molecule has 0 saturated heterocycles. The number of benzene rings is 1. The zero-order valence-electron chi connectivity index (χ0n) is 10.9. The molecule has 7 heteroatoms. The van der Waals surface area contributed by atoms with Gasteiger partial charge >= 0.3 is 0 Å². The summed E-state index contributed by atoms with van der Waals surface area (Å²) in [5.41, 5.74) is 12.0. The van der Waals surface area contributed by atoms with E-state index in [9.17, 15) is 9.90 Å². The van der Waals surface area contributed by atoms with E-state index in [0.29, 0.717) is 16.4 Å². The first-order valence-corrected chi connectivity index (χ1v) is 6.01. The summed E-state index contributed by atoms with van der Waals surface area (Å²) in [6.45, 7) is 0.431. The van der Waals surface area contributed by atoms with Crippen LogP contribution in [0.2, 0.25) is 5.02 Å². The molecule has 1 aromatic rings. The number of hydrogen-bond donors (Lipinski definition) is 3.